The molecule has 1 aliphatic rings. The van der Waals surface area contributed by atoms with Gasteiger partial charge in [-0.15, -0.1) is 0 Å². The van der Waals surface area contributed by atoms with Crippen molar-refractivity contribution in [2.75, 3.05) is 13.6 Å². The Hall–Kier alpha value is -1.08. The fourth-order valence-corrected chi connectivity index (χ4v) is 2.26. The van der Waals surface area contributed by atoms with Crippen molar-refractivity contribution in [1.29, 1.82) is 0 Å². The summed E-state index contributed by atoms with van der Waals surface area (Å²) in [6.07, 6.45) is 2.39. The van der Waals surface area contributed by atoms with Gasteiger partial charge in [0.2, 0.25) is 0 Å². The molecule has 2 unspecified atom stereocenters. The van der Waals surface area contributed by atoms with E-state index in [4.69, 9.17) is 0 Å². The molecule has 1 aliphatic heterocycles. The van der Waals surface area contributed by atoms with Crippen LogP contribution in [0, 0.1) is 5.92 Å². The third-order valence-electron chi connectivity index (χ3n) is 3.32. The van der Waals surface area contributed by atoms with Gasteiger partial charge in [-0.3, -0.25) is 4.90 Å². The summed E-state index contributed by atoms with van der Waals surface area (Å²) >= 11 is 0. The lowest BCUT2D eigenvalue weighted by Crippen LogP contribution is -2.36. The topological polar surface area (TPSA) is 3.24 Å². The minimum absolute atomic E-state index is 0.552. The third kappa shape index (κ3) is 2.13. The first-order valence-corrected chi connectivity index (χ1v) is 5.66. The predicted octanol–water partition coefficient (Wildman–Crippen LogP) is 3.04. The van der Waals surface area contributed by atoms with Gasteiger partial charge in [-0.2, -0.15) is 0 Å². The molecule has 0 spiro atoms. The van der Waals surface area contributed by atoms with Gasteiger partial charge < -0.3 is 0 Å². The third-order valence-corrected chi connectivity index (χ3v) is 3.32. The molecule has 1 nitrogen and oxygen atoms in total. The molecule has 0 saturated carbocycles. The molecular formula is C14H19N. The van der Waals surface area contributed by atoms with Crippen molar-refractivity contribution in [3.8, 4) is 0 Å². The van der Waals surface area contributed by atoms with Crippen LogP contribution >= 0.6 is 0 Å². The van der Waals surface area contributed by atoms with Gasteiger partial charge in [0.25, 0.3) is 0 Å². The maximum atomic E-state index is 2.40. The zero-order valence-corrected chi connectivity index (χ0v) is 9.77. The highest BCUT2D eigenvalue weighted by atomic mass is 15.1. The summed E-state index contributed by atoms with van der Waals surface area (Å²) in [5.74, 6) is 0.633. The van der Waals surface area contributed by atoms with Crippen LogP contribution in [0.2, 0.25) is 0 Å². The van der Waals surface area contributed by atoms with Crippen molar-refractivity contribution >= 4 is 5.57 Å². The molecule has 0 saturated heterocycles. The molecule has 0 fully saturated rings. The molecule has 0 amide bonds. The van der Waals surface area contributed by atoms with E-state index in [2.05, 4.69) is 62.2 Å². The van der Waals surface area contributed by atoms with Gasteiger partial charge in [-0.25, -0.2) is 0 Å². The molecule has 0 N–H and O–H groups in total. The number of benzene rings is 1. The standard InChI is InChI=1S/C14H19N/c1-11-10-15(3)12(2)9-14(11)13-7-5-4-6-8-13/h4-9,11-12H,10H2,1-3H3. The average molecular weight is 201 g/mol. The van der Waals surface area contributed by atoms with Crippen LogP contribution in [0.3, 0.4) is 0 Å². The lowest BCUT2D eigenvalue weighted by Gasteiger charge is -2.33. The summed E-state index contributed by atoms with van der Waals surface area (Å²) in [5.41, 5.74) is 2.88. The van der Waals surface area contributed by atoms with E-state index in [-0.39, 0.29) is 0 Å². The summed E-state index contributed by atoms with van der Waals surface area (Å²) in [5, 5.41) is 0. The molecule has 80 valence electrons. The Balaban J connectivity index is 2.33. The Morgan fingerprint density at radius 2 is 1.80 bits per heavy atom. The van der Waals surface area contributed by atoms with E-state index in [1.807, 2.05) is 0 Å². The van der Waals surface area contributed by atoms with E-state index in [1.54, 1.807) is 0 Å². The Kier molecular flexibility index (Phi) is 2.92. The van der Waals surface area contributed by atoms with Crippen LogP contribution in [0.25, 0.3) is 5.57 Å². The molecule has 1 heteroatoms. The average Bonchev–Trinajstić information content (AvgIpc) is 2.25. The van der Waals surface area contributed by atoms with E-state index in [9.17, 15) is 0 Å². The van der Waals surface area contributed by atoms with E-state index < -0.39 is 0 Å². The molecule has 2 rings (SSSR count). The molecule has 1 aromatic rings. The van der Waals surface area contributed by atoms with Crippen LogP contribution in [0.5, 0.6) is 0 Å². The van der Waals surface area contributed by atoms with Crippen LogP contribution < -0.4 is 0 Å². The highest BCUT2D eigenvalue weighted by Gasteiger charge is 2.21. The van der Waals surface area contributed by atoms with E-state index in [1.165, 1.54) is 11.1 Å². The van der Waals surface area contributed by atoms with Crippen molar-refractivity contribution in [2.45, 2.75) is 19.9 Å². The van der Waals surface area contributed by atoms with Gasteiger partial charge in [0, 0.05) is 12.6 Å². The lowest BCUT2D eigenvalue weighted by atomic mass is 9.88. The molecule has 0 radical (unpaired) electrons. The zero-order chi connectivity index (χ0) is 10.8. The Labute approximate surface area is 92.4 Å². The zero-order valence-electron chi connectivity index (χ0n) is 9.77. The Bertz CT molecular complexity index is 353. The molecule has 0 bridgehead atoms. The molecule has 1 aromatic carbocycles. The number of rotatable bonds is 1. The van der Waals surface area contributed by atoms with Gasteiger partial charge in [-0.1, -0.05) is 43.3 Å². The first-order valence-electron chi connectivity index (χ1n) is 5.66. The molecule has 2 atom stereocenters. The Morgan fingerprint density at radius 1 is 1.13 bits per heavy atom. The fourth-order valence-electron chi connectivity index (χ4n) is 2.26. The number of likely N-dealkylation sites (N-methyl/N-ethyl adjacent to an activating group) is 1. The summed E-state index contributed by atoms with van der Waals surface area (Å²) in [7, 11) is 2.19. The summed E-state index contributed by atoms with van der Waals surface area (Å²) in [4.78, 5) is 2.40. The molecule has 15 heavy (non-hydrogen) atoms. The SMILES string of the molecule is CC1CN(C)C(C)C=C1c1ccccc1. The maximum Gasteiger partial charge on any atom is 0.0253 e. The lowest BCUT2D eigenvalue weighted by molar-refractivity contribution is 0.264. The molecule has 1 heterocycles. The van der Waals surface area contributed by atoms with E-state index in [0.717, 1.165) is 6.54 Å². The summed E-state index contributed by atoms with van der Waals surface area (Å²) in [6, 6.07) is 11.3. The van der Waals surface area contributed by atoms with Crippen molar-refractivity contribution in [2.24, 2.45) is 5.92 Å². The molecule has 0 aromatic heterocycles. The summed E-state index contributed by atoms with van der Waals surface area (Å²) < 4.78 is 0. The Morgan fingerprint density at radius 3 is 2.47 bits per heavy atom. The number of nitrogens with zero attached hydrogens (tertiary/aromatic N) is 1. The van der Waals surface area contributed by atoms with Gasteiger partial charge in [0.05, 0.1) is 0 Å². The second kappa shape index (κ2) is 4.19. The first kappa shape index (κ1) is 10.4. The smallest absolute Gasteiger partial charge is 0.0253 e. The second-order valence-corrected chi connectivity index (χ2v) is 4.57. The van der Waals surface area contributed by atoms with Crippen molar-refractivity contribution in [1.82, 2.24) is 4.90 Å². The van der Waals surface area contributed by atoms with Crippen LogP contribution in [0.4, 0.5) is 0 Å². The van der Waals surface area contributed by atoms with Crippen LogP contribution in [0.1, 0.15) is 19.4 Å². The maximum absolute atomic E-state index is 2.40. The van der Waals surface area contributed by atoms with E-state index in [0.29, 0.717) is 12.0 Å². The predicted molar refractivity (Wildman–Crippen MR) is 65.7 cm³/mol. The highest BCUT2D eigenvalue weighted by Crippen LogP contribution is 2.28. The van der Waals surface area contributed by atoms with Gasteiger partial charge in [0.1, 0.15) is 0 Å². The normalized spacial score (nSPS) is 27.5. The minimum Gasteiger partial charge on any atom is -0.300 e. The quantitative estimate of drug-likeness (QED) is 0.675. The number of hydrogen-bond donors (Lipinski definition) is 0. The van der Waals surface area contributed by atoms with Crippen LogP contribution in [0.15, 0.2) is 36.4 Å². The second-order valence-electron chi connectivity index (χ2n) is 4.57. The van der Waals surface area contributed by atoms with Crippen LogP contribution in [-0.4, -0.2) is 24.5 Å². The van der Waals surface area contributed by atoms with Crippen molar-refractivity contribution in [3.05, 3.63) is 42.0 Å². The minimum atomic E-state index is 0.552. The van der Waals surface area contributed by atoms with Gasteiger partial charge in [-0.05, 0) is 31.0 Å². The molecule has 0 aliphatic carbocycles. The summed E-state index contributed by atoms with van der Waals surface area (Å²) in [6.45, 7) is 5.72. The van der Waals surface area contributed by atoms with Crippen molar-refractivity contribution < 1.29 is 0 Å². The van der Waals surface area contributed by atoms with Gasteiger partial charge >= 0.3 is 0 Å². The monoisotopic (exact) mass is 201 g/mol. The number of hydrogen-bond acceptors (Lipinski definition) is 1. The van der Waals surface area contributed by atoms with Gasteiger partial charge in [0.15, 0.2) is 0 Å². The van der Waals surface area contributed by atoms with Crippen molar-refractivity contribution in [3.63, 3.8) is 0 Å². The first-order chi connectivity index (χ1) is 7.18. The molecular weight excluding hydrogens is 182 g/mol. The van der Waals surface area contributed by atoms with E-state index >= 15 is 0 Å². The van der Waals surface area contributed by atoms with Crippen LogP contribution in [-0.2, 0) is 0 Å². The fraction of sp³-hybridized carbons (Fsp3) is 0.429. The highest BCUT2D eigenvalue weighted by molar-refractivity contribution is 5.68. The largest absolute Gasteiger partial charge is 0.300 e.